The predicted molar refractivity (Wildman–Crippen MR) is 65.6 cm³/mol. The number of rotatable bonds is 1. The van der Waals surface area contributed by atoms with Crippen LogP contribution in [0.5, 0.6) is 11.5 Å². The van der Waals surface area contributed by atoms with Gasteiger partial charge in [-0.3, -0.25) is 4.79 Å². The third kappa shape index (κ3) is 1.64. The second-order valence-corrected chi connectivity index (χ2v) is 4.26. The normalized spacial score (nSPS) is 10.8. The molecule has 0 unspecified atom stereocenters. The second kappa shape index (κ2) is 4.03. The van der Waals surface area contributed by atoms with E-state index < -0.39 is 17.2 Å². The van der Waals surface area contributed by atoms with Crippen molar-refractivity contribution in [3.05, 3.63) is 32.6 Å². The average Bonchev–Trinajstić information content (AvgIpc) is 2.24. The van der Waals surface area contributed by atoms with Gasteiger partial charge in [0.1, 0.15) is 22.1 Å². The van der Waals surface area contributed by atoms with Crippen LogP contribution in [0.1, 0.15) is 22.8 Å². The van der Waals surface area contributed by atoms with Gasteiger partial charge in [0.05, 0.1) is 5.39 Å². The standard InChI is InChI=1S/C12H9ClO5/c1-4-8-6(15)3-7(16)9(5(2)14)11(8)18-12(17)10(4)13/h3,15-16H,1-2H3. The third-order valence-corrected chi connectivity index (χ3v) is 3.11. The number of hydrogen-bond donors (Lipinski definition) is 2. The van der Waals surface area contributed by atoms with Gasteiger partial charge in [-0.25, -0.2) is 4.79 Å². The Morgan fingerprint density at radius 3 is 2.50 bits per heavy atom. The highest BCUT2D eigenvalue weighted by Gasteiger charge is 2.21. The number of phenols is 2. The zero-order valence-corrected chi connectivity index (χ0v) is 10.3. The van der Waals surface area contributed by atoms with Gasteiger partial charge < -0.3 is 14.6 Å². The topological polar surface area (TPSA) is 87.7 Å². The number of carbonyl (C=O) groups is 1. The summed E-state index contributed by atoms with van der Waals surface area (Å²) < 4.78 is 4.90. The van der Waals surface area contributed by atoms with Crippen molar-refractivity contribution in [2.24, 2.45) is 0 Å². The minimum Gasteiger partial charge on any atom is -0.507 e. The molecule has 0 spiro atoms. The fraction of sp³-hybridized carbons (Fsp3) is 0.167. The molecule has 0 saturated heterocycles. The van der Waals surface area contributed by atoms with Gasteiger partial charge >= 0.3 is 5.63 Å². The van der Waals surface area contributed by atoms with E-state index >= 15 is 0 Å². The number of phenolic OH excluding ortho intramolecular Hbond substituents is 2. The fourth-order valence-electron chi connectivity index (χ4n) is 1.84. The van der Waals surface area contributed by atoms with E-state index in [0.717, 1.165) is 6.07 Å². The number of hydrogen-bond acceptors (Lipinski definition) is 5. The molecule has 94 valence electrons. The lowest BCUT2D eigenvalue weighted by Gasteiger charge is -2.09. The number of ketones is 1. The van der Waals surface area contributed by atoms with Crippen LogP contribution in [0.25, 0.3) is 11.0 Å². The van der Waals surface area contributed by atoms with E-state index in [1.807, 2.05) is 0 Å². The molecule has 1 aromatic heterocycles. The maximum absolute atomic E-state index is 11.5. The molecule has 5 nitrogen and oxygen atoms in total. The molecular weight excluding hydrogens is 260 g/mol. The van der Waals surface area contributed by atoms with Gasteiger partial charge in [-0.1, -0.05) is 11.6 Å². The number of carbonyl (C=O) groups excluding carboxylic acids is 1. The van der Waals surface area contributed by atoms with Gasteiger partial charge in [-0.05, 0) is 19.4 Å². The number of Topliss-reactive ketones (excluding diaryl/α,β-unsaturated/α-hetero) is 1. The van der Waals surface area contributed by atoms with Crippen LogP contribution in [0, 0.1) is 6.92 Å². The molecule has 6 heteroatoms. The molecule has 0 aliphatic rings. The molecule has 0 saturated carbocycles. The first-order valence-electron chi connectivity index (χ1n) is 5.03. The Bertz CT molecular complexity index is 730. The van der Waals surface area contributed by atoms with Gasteiger partial charge in [0.2, 0.25) is 0 Å². The van der Waals surface area contributed by atoms with Crippen LogP contribution in [0.3, 0.4) is 0 Å². The van der Waals surface area contributed by atoms with Crippen molar-refractivity contribution in [1.82, 2.24) is 0 Å². The minimum atomic E-state index is -0.825. The Kier molecular flexibility index (Phi) is 2.78. The summed E-state index contributed by atoms with van der Waals surface area (Å²) in [4.78, 5) is 22.9. The summed E-state index contributed by atoms with van der Waals surface area (Å²) in [5.74, 6) is -1.24. The SMILES string of the molecule is CC(=O)c1c(O)cc(O)c2c(C)c(Cl)c(=O)oc12. The number of benzene rings is 1. The van der Waals surface area contributed by atoms with Crippen molar-refractivity contribution in [3.8, 4) is 11.5 Å². The first-order valence-corrected chi connectivity index (χ1v) is 5.41. The van der Waals surface area contributed by atoms with E-state index in [-0.39, 0.29) is 27.3 Å². The Labute approximate surface area is 106 Å². The first kappa shape index (κ1) is 12.4. The zero-order valence-electron chi connectivity index (χ0n) is 9.57. The minimum absolute atomic E-state index is 0.141. The summed E-state index contributed by atoms with van der Waals surface area (Å²) in [6, 6.07) is 1.02. The number of aryl methyl sites for hydroxylation is 1. The smallest absolute Gasteiger partial charge is 0.355 e. The van der Waals surface area contributed by atoms with Crippen LogP contribution >= 0.6 is 11.6 Å². The van der Waals surface area contributed by atoms with E-state index in [1.54, 1.807) is 0 Å². The van der Waals surface area contributed by atoms with Gasteiger partial charge in [0.25, 0.3) is 0 Å². The Morgan fingerprint density at radius 2 is 1.94 bits per heavy atom. The molecule has 2 N–H and O–H groups in total. The largest absolute Gasteiger partial charge is 0.507 e. The lowest BCUT2D eigenvalue weighted by Crippen LogP contribution is -2.05. The molecule has 0 aliphatic heterocycles. The van der Waals surface area contributed by atoms with Gasteiger partial charge in [0, 0.05) is 6.07 Å². The molecule has 2 rings (SSSR count). The van der Waals surface area contributed by atoms with Crippen LogP contribution in [-0.2, 0) is 0 Å². The van der Waals surface area contributed by atoms with Crippen molar-refractivity contribution in [2.75, 3.05) is 0 Å². The maximum atomic E-state index is 11.5. The molecule has 0 radical (unpaired) electrons. The summed E-state index contributed by atoms with van der Waals surface area (Å²) in [7, 11) is 0. The summed E-state index contributed by atoms with van der Waals surface area (Å²) in [6.07, 6.45) is 0. The molecule has 18 heavy (non-hydrogen) atoms. The Hall–Kier alpha value is -2.01. The van der Waals surface area contributed by atoms with E-state index in [0.29, 0.717) is 5.56 Å². The van der Waals surface area contributed by atoms with Gasteiger partial charge in [0.15, 0.2) is 11.4 Å². The molecule has 1 heterocycles. The molecule has 0 fully saturated rings. The van der Waals surface area contributed by atoms with Crippen molar-refractivity contribution < 1.29 is 19.4 Å². The highest BCUT2D eigenvalue weighted by Crippen LogP contribution is 2.37. The number of halogens is 1. The van der Waals surface area contributed by atoms with Crippen molar-refractivity contribution in [3.63, 3.8) is 0 Å². The first-order chi connectivity index (χ1) is 8.34. The zero-order chi connectivity index (χ0) is 13.6. The van der Waals surface area contributed by atoms with Crippen LogP contribution in [0.2, 0.25) is 5.02 Å². The Balaban J connectivity index is 3.14. The lowest BCUT2D eigenvalue weighted by molar-refractivity contribution is 0.101. The molecule has 1 aromatic carbocycles. The third-order valence-electron chi connectivity index (χ3n) is 2.67. The van der Waals surface area contributed by atoms with Crippen molar-refractivity contribution in [1.29, 1.82) is 0 Å². The molecule has 0 atom stereocenters. The lowest BCUT2D eigenvalue weighted by atomic mass is 10.0. The van der Waals surface area contributed by atoms with Crippen molar-refractivity contribution >= 4 is 28.4 Å². The molecule has 0 aliphatic carbocycles. The van der Waals surface area contributed by atoms with Crippen LogP contribution in [0.4, 0.5) is 0 Å². The number of fused-ring (bicyclic) bond motifs is 1. The molecule has 2 aromatic rings. The second-order valence-electron chi connectivity index (χ2n) is 3.88. The number of aromatic hydroxyl groups is 2. The van der Waals surface area contributed by atoms with Crippen LogP contribution in [0.15, 0.2) is 15.3 Å². The van der Waals surface area contributed by atoms with Crippen LogP contribution in [-0.4, -0.2) is 16.0 Å². The quantitative estimate of drug-likeness (QED) is 0.612. The van der Waals surface area contributed by atoms with Gasteiger partial charge in [-0.15, -0.1) is 0 Å². The van der Waals surface area contributed by atoms with Crippen molar-refractivity contribution in [2.45, 2.75) is 13.8 Å². The summed E-state index contributed by atoms with van der Waals surface area (Å²) in [6.45, 7) is 2.73. The predicted octanol–water partition coefficient (Wildman–Crippen LogP) is 2.37. The fourth-order valence-corrected chi connectivity index (χ4v) is 1.97. The van der Waals surface area contributed by atoms with E-state index in [9.17, 15) is 19.8 Å². The highest BCUT2D eigenvalue weighted by atomic mass is 35.5. The highest BCUT2D eigenvalue weighted by molar-refractivity contribution is 6.32. The maximum Gasteiger partial charge on any atom is 0.355 e. The molecule has 0 amide bonds. The van der Waals surface area contributed by atoms with Crippen LogP contribution < -0.4 is 5.63 Å². The van der Waals surface area contributed by atoms with E-state index in [1.165, 1.54) is 13.8 Å². The molecular formula is C12H9ClO5. The Morgan fingerprint density at radius 1 is 1.33 bits per heavy atom. The van der Waals surface area contributed by atoms with Gasteiger partial charge in [-0.2, -0.15) is 0 Å². The summed E-state index contributed by atoms with van der Waals surface area (Å²) in [5, 5.41) is 19.4. The summed E-state index contributed by atoms with van der Waals surface area (Å²) in [5.41, 5.74) is -0.844. The average molecular weight is 269 g/mol. The summed E-state index contributed by atoms with van der Waals surface area (Å²) >= 11 is 5.74. The van der Waals surface area contributed by atoms with E-state index in [4.69, 9.17) is 16.0 Å². The van der Waals surface area contributed by atoms with E-state index in [2.05, 4.69) is 0 Å². The monoisotopic (exact) mass is 268 g/mol. The molecule has 0 bridgehead atoms.